The van der Waals surface area contributed by atoms with Gasteiger partial charge < -0.3 is 14.6 Å². The molecular weight excluding hydrogens is 376 g/mol. The number of carbonyl (C=O) groups is 1. The van der Waals surface area contributed by atoms with Crippen LogP contribution in [0.3, 0.4) is 0 Å². The average molecular weight is 395 g/mol. The van der Waals surface area contributed by atoms with Gasteiger partial charge in [0.15, 0.2) is 0 Å². The summed E-state index contributed by atoms with van der Waals surface area (Å²) in [6.45, 7) is 0.672. The molecule has 0 aliphatic heterocycles. The van der Waals surface area contributed by atoms with Gasteiger partial charge in [-0.1, -0.05) is 60.1 Å². The number of carboxylic acids is 1. The molecule has 0 heterocycles. The molecule has 0 bridgehead atoms. The van der Waals surface area contributed by atoms with Crippen LogP contribution < -0.4 is 9.47 Å². The van der Waals surface area contributed by atoms with Gasteiger partial charge in [-0.2, -0.15) is 0 Å². The largest absolute Gasteiger partial charge is 0.490 e. The van der Waals surface area contributed by atoms with Crippen LogP contribution in [0.25, 0.3) is 11.6 Å². The number of para-hydroxylation sites is 1. The Morgan fingerprint density at radius 1 is 0.857 bits per heavy atom. The van der Waals surface area contributed by atoms with Crippen LogP contribution >= 0.6 is 11.6 Å². The molecule has 0 radical (unpaired) electrons. The lowest BCUT2D eigenvalue weighted by Crippen LogP contribution is -2.09. The highest BCUT2D eigenvalue weighted by molar-refractivity contribution is 6.30. The van der Waals surface area contributed by atoms with Crippen LogP contribution in [0.2, 0.25) is 5.02 Å². The number of ether oxygens (including phenoxy) is 2. The van der Waals surface area contributed by atoms with E-state index >= 15 is 0 Å². The number of halogens is 1. The highest BCUT2D eigenvalue weighted by Gasteiger charge is 2.11. The maximum absolute atomic E-state index is 11.7. The quantitative estimate of drug-likeness (QED) is 0.315. The van der Waals surface area contributed by atoms with E-state index in [0.717, 1.165) is 0 Å². The first-order valence-corrected chi connectivity index (χ1v) is 9.12. The van der Waals surface area contributed by atoms with Crippen LogP contribution in [-0.4, -0.2) is 24.3 Å². The normalized spacial score (nSPS) is 11.1. The highest BCUT2D eigenvalue weighted by atomic mass is 35.5. The maximum Gasteiger partial charge on any atom is 0.336 e. The molecule has 142 valence electrons. The van der Waals surface area contributed by atoms with Crippen LogP contribution in [0.5, 0.6) is 11.5 Å². The van der Waals surface area contributed by atoms with Gasteiger partial charge in [0.05, 0.1) is 5.57 Å². The Labute approximate surface area is 168 Å². The van der Waals surface area contributed by atoms with Crippen molar-refractivity contribution in [3.8, 4) is 11.5 Å². The van der Waals surface area contributed by atoms with E-state index in [1.165, 1.54) is 0 Å². The van der Waals surface area contributed by atoms with E-state index in [1.54, 1.807) is 48.5 Å². The lowest BCUT2D eigenvalue weighted by molar-refractivity contribution is -0.130. The van der Waals surface area contributed by atoms with Gasteiger partial charge in [0.25, 0.3) is 0 Å². The third kappa shape index (κ3) is 5.38. The molecule has 0 amide bonds. The molecule has 0 aliphatic rings. The van der Waals surface area contributed by atoms with Crippen molar-refractivity contribution < 1.29 is 19.4 Å². The first-order chi connectivity index (χ1) is 13.6. The zero-order valence-electron chi connectivity index (χ0n) is 15.0. The van der Waals surface area contributed by atoms with Crippen LogP contribution in [0.15, 0.2) is 78.9 Å². The van der Waals surface area contributed by atoms with E-state index in [-0.39, 0.29) is 5.57 Å². The molecular formula is C23H19ClO4. The summed E-state index contributed by atoms with van der Waals surface area (Å²) in [5.74, 6) is 0.308. The van der Waals surface area contributed by atoms with Crippen LogP contribution in [0, 0.1) is 0 Å². The number of hydrogen-bond acceptors (Lipinski definition) is 3. The Balaban J connectivity index is 1.70. The Morgan fingerprint density at radius 3 is 2.21 bits per heavy atom. The molecule has 1 N–H and O–H groups in total. The zero-order valence-corrected chi connectivity index (χ0v) is 15.8. The zero-order chi connectivity index (χ0) is 19.8. The van der Waals surface area contributed by atoms with Crippen molar-refractivity contribution in [2.45, 2.75) is 0 Å². The second-order valence-electron chi connectivity index (χ2n) is 5.92. The number of benzene rings is 3. The lowest BCUT2D eigenvalue weighted by Gasteiger charge is -2.11. The standard InChI is InChI=1S/C23H19ClO4/c24-19-10-12-20(13-11-19)27-14-15-28-22-9-5-4-8-18(22)16-21(23(25)26)17-6-2-1-3-7-17/h1-13,16H,14-15H2,(H,25,26)/b21-16-. The molecule has 0 unspecified atom stereocenters. The van der Waals surface area contributed by atoms with Crippen LogP contribution in [0.4, 0.5) is 0 Å². The first kappa shape index (κ1) is 19.5. The van der Waals surface area contributed by atoms with Crippen molar-refractivity contribution in [2.75, 3.05) is 13.2 Å². The third-order valence-electron chi connectivity index (χ3n) is 3.96. The monoisotopic (exact) mass is 394 g/mol. The van der Waals surface area contributed by atoms with E-state index in [1.807, 2.05) is 36.4 Å². The summed E-state index contributed by atoms with van der Waals surface area (Å²) < 4.78 is 11.4. The summed E-state index contributed by atoms with van der Waals surface area (Å²) in [5, 5.41) is 10.3. The van der Waals surface area contributed by atoms with E-state index in [0.29, 0.717) is 40.9 Å². The molecule has 3 aromatic carbocycles. The van der Waals surface area contributed by atoms with E-state index in [4.69, 9.17) is 21.1 Å². The summed E-state index contributed by atoms with van der Waals surface area (Å²) in [7, 11) is 0. The van der Waals surface area contributed by atoms with Crippen molar-refractivity contribution in [3.05, 3.63) is 95.0 Å². The van der Waals surface area contributed by atoms with E-state index in [9.17, 15) is 9.90 Å². The SMILES string of the molecule is O=C(O)/C(=C\c1ccccc1OCCOc1ccc(Cl)cc1)c1ccccc1. The summed E-state index contributed by atoms with van der Waals surface area (Å²) >= 11 is 5.85. The van der Waals surface area contributed by atoms with Crippen molar-refractivity contribution in [2.24, 2.45) is 0 Å². The second-order valence-corrected chi connectivity index (χ2v) is 6.35. The summed E-state index contributed by atoms with van der Waals surface area (Å²) in [5.41, 5.74) is 1.53. The summed E-state index contributed by atoms with van der Waals surface area (Å²) in [4.78, 5) is 11.7. The Kier molecular flexibility index (Phi) is 6.71. The molecule has 4 nitrogen and oxygen atoms in total. The smallest absolute Gasteiger partial charge is 0.336 e. The minimum atomic E-state index is -0.993. The van der Waals surface area contributed by atoms with Crippen molar-refractivity contribution in [1.82, 2.24) is 0 Å². The predicted molar refractivity (Wildman–Crippen MR) is 111 cm³/mol. The van der Waals surface area contributed by atoms with Gasteiger partial charge in [0.2, 0.25) is 0 Å². The van der Waals surface area contributed by atoms with Gasteiger partial charge in [0, 0.05) is 10.6 Å². The molecule has 3 rings (SSSR count). The van der Waals surface area contributed by atoms with E-state index < -0.39 is 5.97 Å². The van der Waals surface area contributed by atoms with Gasteiger partial charge in [0.1, 0.15) is 24.7 Å². The third-order valence-corrected chi connectivity index (χ3v) is 4.21. The van der Waals surface area contributed by atoms with E-state index in [2.05, 4.69) is 0 Å². The van der Waals surface area contributed by atoms with Gasteiger partial charge >= 0.3 is 5.97 Å². The number of hydrogen-bond donors (Lipinski definition) is 1. The lowest BCUT2D eigenvalue weighted by atomic mass is 10.0. The Bertz CT molecular complexity index is 950. The number of carboxylic acid groups (broad SMARTS) is 1. The Hall–Kier alpha value is -3.24. The fourth-order valence-electron chi connectivity index (χ4n) is 2.61. The molecule has 0 saturated heterocycles. The molecule has 0 fully saturated rings. The van der Waals surface area contributed by atoms with Crippen molar-refractivity contribution >= 4 is 29.2 Å². The average Bonchev–Trinajstić information content (AvgIpc) is 2.72. The molecule has 0 aromatic heterocycles. The molecule has 0 saturated carbocycles. The molecule has 5 heteroatoms. The molecule has 0 spiro atoms. The minimum Gasteiger partial charge on any atom is -0.490 e. The topological polar surface area (TPSA) is 55.8 Å². The fourth-order valence-corrected chi connectivity index (χ4v) is 2.74. The summed E-state index contributed by atoms with van der Waals surface area (Å²) in [6, 6.07) is 23.4. The molecule has 0 atom stereocenters. The van der Waals surface area contributed by atoms with Crippen molar-refractivity contribution in [3.63, 3.8) is 0 Å². The molecule has 3 aromatic rings. The highest BCUT2D eigenvalue weighted by Crippen LogP contribution is 2.25. The van der Waals surface area contributed by atoms with Crippen LogP contribution in [0.1, 0.15) is 11.1 Å². The minimum absolute atomic E-state index is 0.203. The number of aliphatic carboxylic acids is 1. The number of rotatable bonds is 8. The van der Waals surface area contributed by atoms with Gasteiger partial charge in [-0.15, -0.1) is 0 Å². The van der Waals surface area contributed by atoms with Crippen LogP contribution in [-0.2, 0) is 4.79 Å². The second kappa shape index (κ2) is 9.62. The van der Waals surface area contributed by atoms with Gasteiger partial charge in [-0.3, -0.25) is 0 Å². The van der Waals surface area contributed by atoms with Crippen molar-refractivity contribution in [1.29, 1.82) is 0 Å². The molecule has 0 aliphatic carbocycles. The van der Waals surface area contributed by atoms with Gasteiger partial charge in [-0.25, -0.2) is 4.79 Å². The first-order valence-electron chi connectivity index (χ1n) is 8.74. The molecule has 28 heavy (non-hydrogen) atoms. The fraction of sp³-hybridized carbons (Fsp3) is 0.0870. The van der Waals surface area contributed by atoms with Gasteiger partial charge in [-0.05, 0) is 42.0 Å². The Morgan fingerprint density at radius 2 is 1.50 bits per heavy atom. The maximum atomic E-state index is 11.7. The summed E-state index contributed by atoms with van der Waals surface area (Å²) in [6.07, 6.45) is 1.62. The predicted octanol–water partition coefficient (Wildman–Crippen LogP) is 5.42.